The molecule has 1 heterocycles. The minimum atomic E-state index is -0.967. The monoisotopic (exact) mass is 359 g/mol. The number of nitrogens with zero attached hydrogens (tertiary/aromatic N) is 1. The molecule has 1 rings (SSSR count). The van der Waals surface area contributed by atoms with Gasteiger partial charge in [-0.15, -0.1) is 0 Å². The van der Waals surface area contributed by atoms with E-state index in [0.717, 1.165) is 0 Å². The van der Waals surface area contributed by atoms with Crippen molar-refractivity contribution in [2.75, 3.05) is 13.7 Å². The second-order valence-electron chi connectivity index (χ2n) is 7.06. The summed E-state index contributed by atoms with van der Waals surface area (Å²) in [5, 5.41) is 10.1. The number of hydrogen-bond acceptors (Lipinski definition) is 7. The second-order valence-corrected chi connectivity index (χ2v) is 7.06. The summed E-state index contributed by atoms with van der Waals surface area (Å²) in [6.07, 6.45) is -0.665. The van der Waals surface area contributed by atoms with Crippen LogP contribution in [0, 0.1) is 0 Å². The van der Waals surface area contributed by atoms with Crippen molar-refractivity contribution in [1.82, 2.24) is 4.90 Å². The molecule has 1 fully saturated rings. The summed E-state index contributed by atoms with van der Waals surface area (Å²) in [6, 6.07) is -1.16. The van der Waals surface area contributed by atoms with Gasteiger partial charge in [-0.1, -0.05) is 0 Å². The molecule has 25 heavy (non-hydrogen) atoms. The molecule has 0 aromatic rings. The number of esters is 2. The zero-order valence-corrected chi connectivity index (χ0v) is 15.6. The normalized spacial score (nSPS) is 21.6. The summed E-state index contributed by atoms with van der Waals surface area (Å²) < 4.78 is 15.0. The van der Waals surface area contributed by atoms with E-state index >= 15 is 0 Å². The molecule has 1 N–H and O–H groups in total. The van der Waals surface area contributed by atoms with Gasteiger partial charge in [-0.05, 0) is 47.0 Å². The first-order chi connectivity index (χ1) is 11.6. The van der Waals surface area contributed by atoms with Crippen molar-refractivity contribution in [3.05, 3.63) is 0 Å². The molecule has 3 atom stereocenters. The summed E-state index contributed by atoms with van der Waals surface area (Å²) in [5.41, 5.74) is -0.714. The molecular formula is C17H29NO7. The van der Waals surface area contributed by atoms with Crippen LogP contribution in [-0.4, -0.2) is 65.5 Å². The molecule has 0 aromatic heterocycles. The number of likely N-dealkylation sites (tertiary alicyclic amines) is 1. The van der Waals surface area contributed by atoms with E-state index in [-0.39, 0.29) is 19.4 Å². The van der Waals surface area contributed by atoms with Crippen LogP contribution in [0.5, 0.6) is 0 Å². The number of ether oxygens (including phenoxy) is 3. The lowest BCUT2D eigenvalue weighted by atomic mass is 10.0. The second kappa shape index (κ2) is 9.03. The maximum absolute atomic E-state index is 12.5. The summed E-state index contributed by atoms with van der Waals surface area (Å²) >= 11 is 0. The van der Waals surface area contributed by atoms with E-state index in [2.05, 4.69) is 0 Å². The van der Waals surface area contributed by atoms with Crippen molar-refractivity contribution < 1.29 is 33.7 Å². The Morgan fingerprint density at radius 1 is 1.24 bits per heavy atom. The Balaban J connectivity index is 2.83. The first kappa shape index (κ1) is 21.2. The minimum absolute atomic E-state index is 0.157. The van der Waals surface area contributed by atoms with Crippen molar-refractivity contribution in [2.45, 2.75) is 77.2 Å². The number of carbonyl (C=O) groups excluding carboxylic acids is 3. The van der Waals surface area contributed by atoms with E-state index in [1.54, 1.807) is 27.7 Å². The molecule has 2 unspecified atom stereocenters. The molecular weight excluding hydrogens is 330 g/mol. The van der Waals surface area contributed by atoms with Crippen molar-refractivity contribution in [3.63, 3.8) is 0 Å². The van der Waals surface area contributed by atoms with Crippen LogP contribution < -0.4 is 0 Å². The Hall–Kier alpha value is -1.83. The molecule has 8 nitrogen and oxygen atoms in total. The lowest BCUT2D eigenvalue weighted by molar-refractivity contribution is -0.147. The molecule has 0 aromatic carbocycles. The van der Waals surface area contributed by atoms with Crippen LogP contribution in [-0.2, 0) is 23.8 Å². The molecule has 1 aliphatic rings. The van der Waals surface area contributed by atoms with Gasteiger partial charge in [-0.3, -0.25) is 9.69 Å². The Labute approximate surface area is 148 Å². The van der Waals surface area contributed by atoms with Gasteiger partial charge in [0.2, 0.25) is 0 Å². The molecule has 0 aliphatic carbocycles. The highest BCUT2D eigenvalue weighted by molar-refractivity contribution is 5.82. The zero-order valence-electron chi connectivity index (χ0n) is 15.6. The summed E-state index contributed by atoms with van der Waals surface area (Å²) in [6.45, 7) is 7.13. The van der Waals surface area contributed by atoms with Crippen molar-refractivity contribution in [1.29, 1.82) is 0 Å². The first-order valence-electron chi connectivity index (χ1n) is 8.51. The average Bonchev–Trinajstić information content (AvgIpc) is 2.88. The van der Waals surface area contributed by atoms with Gasteiger partial charge >= 0.3 is 18.0 Å². The van der Waals surface area contributed by atoms with Gasteiger partial charge in [-0.25, -0.2) is 9.59 Å². The average molecular weight is 359 g/mol. The number of hydrogen-bond donors (Lipinski definition) is 1. The van der Waals surface area contributed by atoms with Crippen molar-refractivity contribution >= 4 is 18.0 Å². The van der Waals surface area contributed by atoms with Crippen LogP contribution >= 0.6 is 0 Å². The van der Waals surface area contributed by atoms with Crippen LogP contribution in [0.1, 0.15) is 53.4 Å². The van der Waals surface area contributed by atoms with Crippen LogP contribution in [0.15, 0.2) is 0 Å². The third kappa shape index (κ3) is 6.53. The Morgan fingerprint density at radius 2 is 1.88 bits per heavy atom. The smallest absolute Gasteiger partial charge is 0.411 e. The molecule has 0 saturated carbocycles. The summed E-state index contributed by atoms with van der Waals surface area (Å²) in [4.78, 5) is 37.3. The molecule has 144 valence electrons. The Bertz CT molecular complexity index is 486. The lowest BCUT2D eigenvalue weighted by Gasteiger charge is -2.32. The molecule has 0 radical (unpaired) electrons. The number of methoxy groups -OCH3 is 1. The highest BCUT2D eigenvalue weighted by Crippen LogP contribution is 2.30. The summed E-state index contributed by atoms with van der Waals surface area (Å²) in [5.74, 6) is -1.02. The standard InChI is InChI=1S/C17H29NO7/c1-6-24-14(20)10-12(19)9-11-7-8-13(15(21)23-5)18(11)16(22)25-17(2,3)4/h11-13,19H,6-10H2,1-5H3/t11?,12?,13-/m0/s1. The van der Waals surface area contributed by atoms with Crippen LogP contribution in [0.2, 0.25) is 0 Å². The Morgan fingerprint density at radius 3 is 2.40 bits per heavy atom. The van der Waals surface area contributed by atoms with E-state index in [0.29, 0.717) is 12.8 Å². The van der Waals surface area contributed by atoms with Crippen LogP contribution in [0.4, 0.5) is 4.79 Å². The van der Waals surface area contributed by atoms with Gasteiger partial charge in [0.15, 0.2) is 0 Å². The van der Waals surface area contributed by atoms with Gasteiger partial charge in [0.1, 0.15) is 11.6 Å². The van der Waals surface area contributed by atoms with Crippen molar-refractivity contribution in [3.8, 4) is 0 Å². The Kier molecular flexibility index (Phi) is 7.66. The van der Waals surface area contributed by atoms with Gasteiger partial charge in [0.05, 0.1) is 26.2 Å². The largest absolute Gasteiger partial charge is 0.467 e. The SMILES string of the molecule is CCOC(=O)CC(O)CC1CC[C@@H](C(=O)OC)N1C(=O)OC(C)(C)C. The first-order valence-corrected chi connectivity index (χ1v) is 8.51. The third-order valence-corrected chi connectivity index (χ3v) is 3.83. The maximum Gasteiger partial charge on any atom is 0.411 e. The number of aliphatic hydroxyl groups excluding tert-OH is 1. The fourth-order valence-corrected chi connectivity index (χ4v) is 2.88. The fourth-order valence-electron chi connectivity index (χ4n) is 2.88. The van der Waals surface area contributed by atoms with Gasteiger partial charge in [0, 0.05) is 6.04 Å². The molecule has 1 saturated heterocycles. The molecule has 0 spiro atoms. The highest BCUT2D eigenvalue weighted by Gasteiger charge is 2.44. The predicted octanol–water partition coefficient (Wildman–Crippen LogP) is 1.63. The number of aliphatic hydroxyl groups is 1. The van der Waals surface area contributed by atoms with Crippen LogP contribution in [0.25, 0.3) is 0 Å². The summed E-state index contributed by atoms with van der Waals surface area (Å²) in [7, 11) is 1.26. The molecule has 8 heteroatoms. The number of carbonyl (C=O) groups is 3. The molecule has 0 bridgehead atoms. The van der Waals surface area contributed by atoms with E-state index in [4.69, 9.17) is 14.2 Å². The number of amides is 1. The van der Waals surface area contributed by atoms with Gasteiger partial charge in [0.25, 0.3) is 0 Å². The topological polar surface area (TPSA) is 102 Å². The van der Waals surface area contributed by atoms with E-state index in [1.165, 1.54) is 12.0 Å². The third-order valence-electron chi connectivity index (χ3n) is 3.83. The molecule has 1 amide bonds. The van der Waals surface area contributed by atoms with Crippen molar-refractivity contribution in [2.24, 2.45) is 0 Å². The fraction of sp³-hybridized carbons (Fsp3) is 0.824. The van der Waals surface area contributed by atoms with Gasteiger partial charge in [-0.2, -0.15) is 0 Å². The van der Waals surface area contributed by atoms with Gasteiger partial charge < -0.3 is 19.3 Å². The number of rotatable bonds is 6. The minimum Gasteiger partial charge on any atom is -0.467 e. The van der Waals surface area contributed by atoms with E-state index in [9.17, 15) is 19.5 Å². The quantitative estimate of drug-likeness (QED) is 0.568. The highest BCUT2D eigenvalue weighted by atomic mass is 16.6. The zero-order chi connectivity index (χ0) is 19.2. The predicted molar refractivity (Wildman–Crippen MR) is 88.8 cm³/mol. The lowest BCUT2D eigenvalue weighted by Crippen LogP contribution is -2.48. The maximum atomic E-state index is 12.5. The molecule has 1 aliphatic heterocycles. The van der Waals surface area contributed by atoms with E-state index < -0.39 is 41.8 Å². The van der Waals surface area contributed by atoms with Crippen LogP contribution in [0.3, 0.4) is 0 Å². The van der Waals surface area contributed by atoms with E-state index in [1.807, 2.05) is 0 Å².